The molecule has 1 rings (SSSR count). The third-order valence-electron chi connectivity index (χ3n) is 1.82. The first-order valence-electron chi connectivity index (χ1n) is 3.60. The molecule has 0 N–H and O–H groups in total. The normalized spacial score (nSPS) is 35.3. The molecule has 0 spiro atoms. The summed E-state index contributed by atoms with van der Waals surface area (Å²) in [6.45, 7) is 3.99. The molecule has 1 nitrogen and oxygen atoms in total. The van der Waals surface area contributed by atoms with Crippen molar-refractivity contribution in [3.05, 3.63) is 0 Å². The van der Waals surface area contributed by atoms with Crippen LogP contribution in [0.2, 0.25) is 0 Å². The molecule has 0 saturated carbocycles. The third-order valence-corrected chi connectivity index (χ3v) is 2.39. The lowest BCUT2D eigenvalue weighted by Gasteiger charge is -2.08. The van der Waals surface area contributed by atoms with Crippen molar-refractivity contribution in [2.75, 3.05) is 13.2 Å². The maximum absolute atomic E-state index is 5.25. The van der Waals surface area contributed by atoms with Crippen molar-refractivity contribution in [2.45, 2.75) is 25.0 Å². The first-order chi connectivity index (χ1) is 4.34. The Morgan fingerprint density at radius 3 is 2.78 bits per heavy atom. The van der Waals surface area contributed by atoms with Crippen molar-refractivity contribution >= 4 is 12.6 Å². The number of rotatable bonds is 2. The summed E-state index contributed by atoms with van der Waals surface area (Å²) in [6, 6.07) is 0. The fourth-order valence-electron chi connectivity index (χ4n) is 1.23. The van der Waals surface area contributed by atoms with Crippen LogP contribution in [-0.4, -0.2) is 18.5 Å². The van der Waals surface area contributed by atoms with Gasteiger partial charge >= 0.3 is 0 Å². The summed E-state index contributed by atoms with van der Waals surface area (Å²) >= 11 is 4.40. The van der Waals surface area contributed by atoms with E-state index >= 15 is 0 Å². The van der Waals surface area contributed by atoms with Crippen LogP contribution < -0.4 is 0 Å². The lowest BCUT2D eigenvalue weighted by Crippen LogP contribution is -2.10. The second kappa shape index (κ2) is 3.47. The van der Waals surface area contributed by atoms with Crippen molar-refractivity contribution in [3.63, 3.8) is 0 Å². The van der Waals surface area contributed by atoms with Crippen molar-refractivity contribution in [3.8, 4) is 0 Å². The summed E-state index contributed by atoms with van der Waals surface area (Å²) in [4.78, 5) is 0. The van der Waals surface area contributed by atoms with Crippen LogP contribution in [0.3, 0.4) is 0 Å². The molecule has 54 valence electrons. The molecule has 1 heterocycles. The maximum atomic E-state index is 5.25. The Labute approximate surface area is 62.2 Å². The zero-order chi connectivity index (χ0) is 6.69. The maximum Gasteiger partial charge on any atom is 0.0586 e. The molecule has 1 aliphatic heterocycles. The minimum absolute atomic E-state index is 0.505. The van der Waals surface area contributed by atoms with Gasteiger partial charge in [-0.25, -0.2) is 0 Å². The lowest BCUT2D eigenvalue weighted by molar-refractivity contribution is 0.184. The zero-order valence-corrected chi connectivity index (χ0v) is 6.73. The van der Waals surface area contributed by atoms with Gasteiger partial charge < -0.3 is 4.74 Å². The second-order valence-corrected chi connectivity index (χ2v) is 3.32. The summed E-state index contributed by atoms with van der Waals surface area (Å²) < 4.78 is 5.25. The molecule has 0 aromatic rings. The van der Waals surface area contributed by atoms with Gasteiger partial charge in [0.15, 0.2) is 0 Å². The number of hydrogen-bond acceptors (Lipinski definition) is 2. The molecule has 0 amide bonds. The highest BCUT2D eigenvalue weighted by atomic mass is 32.1. The van der Waals surface area contributed by atoms with Crippen LogP contribution in [0, 0.1) is 5.92 Å². The smallest absolute Gasteiger partial charge is 0.0586 e. The topological polar surface area (TPSA) is 9.23 Å². The largest absolute Gasteiger partial charge is 0.380 e. The van der Waals surface area contributed by atoms with Gasteiger partial charge in [0.05, 0.1) is 13.2 Å². The molecule has 2 atom stereocenters. The summed E-state index contributed by atoms with van der Waals surface area (Å²) in [5.41, 5.74) is 0. The van der Waals surface area contributed by atoms with Gasteiger partial charge in [-0.2, -0.15) is 12.6 Å². The monoisotopic (exact) mass is 146 g/mol. The molecule has 0 aliphatic carbocycles. The second-order valence-electron chi connectivity index (χ2n) is 2.65. The van der Waals surface area contributed by atoms with Gasteiger partial charge in [-0.05, 0) is 12.3 Å². The minimum Gasteiger partial charge on any atom is -0.380 e. The Balaban J connectivity index is 2.22. The Bertz CT molecular complexity index is 85.0. The average molecular weight is 146 g/mol. The number of hydrogen-bond donors (Lipinski definition) is 1. The van der Waals surface area contributed by atoms with E-state index in [2.05, 4.69) is 19.6 Å². The molecule has 0 aromatic heterocycles. The molecule has 0 radical (unpaired) electrons. The SMILES string of the molecule is CCCC1COCC1S. The minimum atomic E-state index is 0.505. The third kappa shape index (κ3) is 1.87. The van der Waals surface area contributed by atoms with Crippen LogP contribution in [0.15, 0.2) is 0 Å². The Kier molecular flexibility index (Phi) is 2.86. The highest BCUT2D eigenvalue weighted by Gasteiger charge is 2.23. The Morgan fingerprint density at radius 2 is 2.33 bits per heavy atom. The highest BCUT2D eigenvalue weighted by Crippen LogP contribution is 2.22. The predicted molar refractivity (Wildman–Crippen MR) is 42.0 cm³/mol. The van der Waals surface area contributed by atoms with Crippen molar-refractivity contribution in [1.29, 1.82) is 0 Å². The van der Waals surface area contributed by atoms with E-state index in [1.807, 2.05) is 0 Å². The number of thiol groups is 1. The van der Waals surface area contributed by atoms with Gasteiger partial charge in [0.2, 0.25) is 0 Å². The summed E-state index contributed by atoms with van der Waals surface area (Å²) in [7, 11) is 0. The van der Waals surface area contributed by atoms with Crippen molar-refractivity contribution in [2.24, 2.45) is 5.92 Å². The van der Waals surface area contributed by atoms with E-state index in [-0.39, 0.29) is 0 Å². The number of ether oxygens (including phenoxy) is 1. The van der Waals surface area contributed by atoms with Gasteiger partial charge in [-0.1, -0.05) is 13.3 Å². The van der Waals surface area contributed by atoms with Crippen molar-refractivity contribution < 1.29 is 4.74 Å². The molecule has 9 heavy (non-hydrogen) atoms. The first-order valence-corrected chi connectivity index (χ1v) is 4.12. The van der Waals surface area contributed by atoms with E-state index in [0.29, 0.717) is 5.25 Å². The van der Waals surface area contributed by atoms with Crippen LogP contribution in [0.4, 0.5) is 0 Å². The molecule has 1 fully saturated rings. The summed E-state index contributed by atoms with van der Waals surface area (Å²) in [5, 5.41) is 0.505. The van der Waals surface area contributed by atoms with E-state index in [1.165, 1.54) is 12.8 Å². The first kappa shape index (κ1) is 7.42. The van der Waals surface area contributed by atoms with E-state index < -0.39 is 0 Å². The predicted octanol–water partition coefficient (Wildman–Crippen LogP) is 1.73. The highest BCUT2D eigenvalue weighted by molar-refractivity contribution is 7.81. The average Bonchev–Trinajstić information content (AvgIpc) is 2.18. The van der Waals surface area contributed by atoms with Gasteiger partial charge in [-0.3, -0.25) is 0 Å². The van der Waals surface area contributed by atoms with Crippen molar-refractivity contribution in [1.82, 2.24) is 0 Å². The molecule has 1 saturated heterocycles. The van der Waals surface area contributed by atoms with Gasteiger partial charge in [-0.15, -0.1) is 0 Å². The summed E-state index contributed by atoms with van der Waals surface area (Å²) in [6.07, 6.45) is 2.53. The summed E-state index contributed by atoms with van der Waals surface area (Å²) in [5.74, 6) is 0.721. The molecule has 1 aliphatic rings. The lowest BCUT2D eigenvalue weighted by atomic mass is 10.0. The quantitative estimate of drug-likeness (QED) is 0.584. The van der Waals surface area contributed by atoms with Crippen LogP contribution in [0.25, 0.3) is 0 Å². The Hall–Kier alpha value is 0.310. The van der Waals surface area contributed by atoms with Crippen LogP contribution >= 0.6 is 12.6 Å². The van der Waals surface area contributed by atoms with Gasteiger partial charge in [0.25, 0.3) is 0 Å². The zero-order valence-electron chi connectivity index (χ0n) is 5.84. The van der Waals surface area contributed by atoms with Gasteiger partial charge in [0, 0.05) is 5.25 Å². The van der Waals surface area contributed by atoms with E-state index in [9.17, 15) is 0 Å². The standard InChI is InChI=1S/C7H14OS/c1-2-3-6-4-8-5-7(6)9/h6-7,9H,2-5H2,1H3. The van der Waals surface area contributed by atoms with E-state index in [4.69, 9.17) is 4.74 Å². The fraction of sp³-hybridized carbons (Fsp3) is 1.00. The van der Waals surface area contributed by atoms with E-state index in [1.54, 1.807) is 0 Å². The molecule has 2 heteroatoms. The molecular formula is C7H14OS. The fourth-order valence-corrected chi connectivity index (χ4v) is 1.57. The molecule has 0 bridgehead atoms. The van der Waals surface area contributed by atoms with Gasteiger partial charge in [0.1, 0.15) is 0 Å². The molecule has 0 aromatic carbocycles. The van der Waals surface area contributed by atoms with E-state index in [0.717, 1.165) is 19.1 Å². The Morgan fingerprint density at radius 1 is 1.56 bits per heavy atom. The van der Waals surface area contributed by atoms with Crippen LogP contribution in [-0.2, 0) is 4.74 Å². The molecular weight excluding hydrogens is 132 g/mol. The van der Waals surface area contributed by atoms with Crippen LogP contribution in [0.1, 0.15) is 19.8 Å². The molecule has 2 unspecified atom stereocenters. The van der Waals surface area contributed by atoms with Crippen LogP contribution in [0.5, 0.6) is 0 Å².